The number of urea groups is 1. The third-order valence-corrected chi connectivity index (χ3v) is 11.8. The average Bonchev–Trinajstić information content (AvgIpc) is 3.83. The van der Waals surface area contributed by atoms with Gasteiger partial charge in [-0.1, -0.05) is 12.8 Å². The summed E-state index contributed by atoms with van der Waals surface area (Å²) in [4.78, 5) is 13.4. The van der Waals surface area contributed by atoms with E-state index in [1.54, 1.807) is 13.0 Å². The van der Waals surface area contributed by atoms with Gasteiger partial charge < -0.3 is 34.6 Å². The van der Waals surface area contributed by atoms with E-state index in [0.717, 1.165) is 28.8 Å². The Labute approximate surface area is 336 Å². The molecule has 8 nitrogen and oxygen atoms in total. The van der Waals surface area contributed by atoms with E-state index in [-0.39, 0.29) is 36.7 Å². The number of amides is 2. The van der Waals surface area contributed by atoms with Gasteiger partial charge in [0.15, 0.2) is 0 Å². The highest BCUT2D eigenvalue weighted by Crippen LogP contribution is 2.40. The molecule has 0 aromatic heterocycles. The van der Waals surface area contributed by atoms with Crippen LogP contribution in [0.1, 0.15) is 98.6 Å². The second-order valence-corrected chi connectivity index (χ2v) is 17.0. The molecular weight excluding hydrogens is 787 g/mol. The maximum Gasteiger partial charge on any atom is 0.495 e. The minimum Gasteiger partial charge on any atom is -0.399 e. The maximum atomic E-state index is 14.4. The Morgan fingerprint density at radius 3 is 1.49 bits per heavy atom. The van der Waals surface area contributed by atoms with Crippen molar-refractivity contribution in [3.05, 3.63) is 47.0 Å². The molecule has 4 aliphatic rings. The van der Waals surface area contributed by atoms with Gasteiger partial charge in [-0.15, -0.1) is 12.4 Å². The van der Waals surface area contributed by atoms with Crippen LogP contribution >= 0.6 is 12.4 Å². The average molecular weight is 842 g/mol. The van der Waals surface area contributed by atoms with Gasteiger partial charge in [-0.2, -0.15) is 26.3 Å². The molecule has 0 spiro atoms. The summed E-state index contributed by atoms with van der Waals surface area (Å²) in [5.74, 6) is -3.63. The Morgan fingerprint density at radius 1 is 0.702 bits per heavy atom. The lowest BCUT2D eigenvalue weighted by molar-refractivity contribution is -0.172. The van der Waals surface area contributed by atoms with E-state index >= 15 is 0 Å². The minimum atomic E-state index is -4.35. The fourth-order valence-electron chi connectivity index (χ4n) is 6.60. The summed E-state index contributed by atoms with van der Waals surface area (Å²) in [6.45, 7) is 18.5. The highest BCUT2D eigenvalue weighted by molar-refractivity contribution is 6.63. The number of alkyl halides is 6. The van der Waals surface area contributed by atoms with E-state index in [4.69, 9.17) is 24.4 Å². The van der Waals surface area contributed by atoms with Crippen molar-refractivity contribution in [1.82, 2.24) is 4.90 Å². The molecule has 2 aromatic carbocycles. The molecule has 1 atom stereocenters. The van der Waals surface area contributed by atoms with Crippen LogP contribution in [-0.2, 0) is 18.6 Å². The third-order valence-electron chi connectivity index (χ3n) is 11.8. The molecule has 1 saturated carbocycles. The van der Waals surface area contributed by atoms with Gasteiger partial charge in [-0.3, -0.25) is 0 Å². The Kier molecular flexibility index (Phi) is 14.9. The van der Waals surface area contributed by atoms with Gasteiger partial charge in [0.05, 0.1) is 45.6 Å². The monoisotopic (exact) mass is 841 g/mol. The summed E-state index contributed by atoms with van der Waals surface area (Å²) in [6, 6.07) is 4.91. The molecule has 0 bridgehead atoms. The van der Waals surface area contributed by atoms with Crippen LogP contribution in [0.3, 0.4) is 0 Å². The van der Waals surface area contributed by atoms with Crippen molar-refractivity contribution in [3.63, 3.8) is 0 Å². The van der Waals surface area contributed by atoms with Crippen molar-refractivity contribution in [1.29, 1.82) is 0 Å². The Balaban J connectivity index is 0.000000263. The smallest absolute Gasteiger partial charge is 0.399 e. The summed E-state index contributed by atoms with van der Waals surface area (Å²) in [5, 5.41) is 2.39. The molecule has 57 heavy (non-hydrogen) atoms. The number of nitrogens with one attached hydrogen (secondary N) is 1. The van der Waals surface area contributed by atoms with Crippen LogP contribution in [0.15, 0.2) is 24.3 Å². The quantitative estimate of drug-likeness (QED) is 0.182. The number of nitrogen functional groups attached to an aromatic ring is 1. The second-order valence-electron chi connectivity index (χ2n) is 17.0. The van der Waals surface area contributed by atoms with Crippen molar-refractivity contribution in [3.8, 4) is 0 Å². The SMILES string of the molecule is Cc1cc(F)c(N)cc1B1OC(C)(C)C(C)(C)O1.Cc1cc(F)c(NC(=O)N2CCC(C(F)(F)F)C2)cc1B1OC(C)(C)C(C)(C)O1.Cl.FC(F)(F)C1CCCC1. The van der Waals surface area contributed by atoms with Crippen molar-refractivity contribution in [2.75, 3.05) is 24.1 Å². The minimum absolute atomic E-state index is 0. The lowest BCUT2D eigenvalue weighted by Gasteiger charge is -2.32. The van der Waals surface area contributed by atoms with Gasteiger partial charge in [0, 0.05) is 13.1 Å². The fourth-order valence-corrected chi connectivity index (χ4v) is 6.60. The number of nitrogens with zero attached hydrogens (tertiary/aromatic N) is 1. The van der Waals surface area contributed by atoms with Crippen LogP contribution in [0.2, 0.25) is 0 Å². The summed E-state index contributed by atoms with van der Waals surface area (Å²) >= 11 is 0. The number of halogens is 9. The molecule has 3 N–H and O–H groups in total. The van der Waals surface area contributed by atoms with E-state index in [1.807, 2.05) is 62.3 Å². The number of hydrogen-bond donors (Lipinski definition) is 2. The molecule has 3 saturated heterocycles. The van der Waals surface area contributed by atoms with Crippen molar-refractivity contribution in [2.45, 2.75) is 136 Å². The zero-order chi connectivity index (χ0) is 42.4. The number of aryl methyl sites for hydroxylation is 2. The van der Waals surface area contributed by atoms with E-state index in [9.17, 15) is 39.9 Å². The standard InChI is InChI=1S/C19H25BF4N2O3.C13H19BFNO2.C6H9F3.ClH/c1-11-8-14(21)15(9-13(11)20-28-17(2,3)18(4,5)29-20)25-16(27)26-7-6-12(10-26)19(22,23)24;1-8-6-10(15)11(16)7-9(8)14-17-12(2,3)13(4,5)18-14;7-6(8,9)5-3-1-2-4-5;/h8-9,12H,6-7,10H2,1-5H3,(H,25,27);6-7H,16H2,1-5H3;5H,1-4H2;1H. The largest absolute Gasteiger partial charge is 0.495 e. The van der Waals surface area contributed by atoms with E-state index in [2.05, 4.69) is 5.32 Å². The van der Waals surface area contributed by atoms with Gasteiger partial charge in [0.25, 0.3) is 0 Å². The lowest BCUT2D eigenvalue weighted by atomic mass is 9.76. The van der Waals surface area contributed by atoms with Crippen molar-refractivity contribution >= 4 is 55.0 Å². The number of nitrogens with two attached hydrogens (primary N) is 1. The third kappa shape index (κ3) is 11.3. The van der Waals surface area contributed by atoms with Crippen LogP contribution in [0, 0.1) is 37.3 Å². The summed E-state index contributed by atoms with van der Waals surface area (Å²) in [6.07, 6.45) is -6.22. The number of benzene rings is 2. The van der Waals surface area contributed by atoms with Gasteiger partial charge >= 0.3 is 32.6 Å². The molecule has 320 valence electrons. The maximum absolute atomic E-state index is 14.4. The van der Waals surface area contributed by atoms with Crippen LogP contribution in [0.5, 0.6) is 0 Å². The van der Waals surface area contributed by atoms with E-state index < -0.39 is 85.0 Å². The highest BCUT2D eigenvalue weighted by atomic mass is 35.5. The summed E-state index contributed by atoms with van der Waals surface area (Å²) < 4.78 is 125. The summed E-state index contributed by atoms with van der Waals surface area (Å²) in [5.41, 5.74) is 6.29. The normalized spacial score (nSPS) is 22.4. The molecule has 1 aliphatic carbocycles. The predicted molar refractivity (Wildman–Crippen MR) is 208 cm³/mol. The topological polar surface area (TPSA) is 95.3 Å². The number of anilines is 2. The second kappa shape index (κ2) is 17.4. The molecule has 3 heterocycles. The van der Waals surface area contributed by atoms with E-state index in [0.29, 0.717) is 23.9 Å². The number of rotatable bonds is 3. The first kappa shape index (κ1) is 48.6. The zero-order valence-corrected chi connectivity index (χ0v) is 34.9. The van der Waals surface area contributed by atoms with Gasteiger partial charge in [0.2, 0.25) is 0 Å². The van der Waals surface area contributed by atoms with Gasteiger partial charge in [-0.25, -0.2) is 13.6 Å². The van der Waals surface area contributed by atoms with Crippen LogP contribution in [0.25, 0.3) is 0 Å². The molecule has 6 rings (SSSR count). The van der Waals surface area contributed by atoms with Crippen LogP contribution < -0.4 is 22.0 Å². The Morgan fingerprint density at radius 2 is 1.11 bits per heavy atom. The van der Waals surface area contributed by atoms with Crippen LogP contribution in [0.4, 0.5) is 51.3 Å². The molecule has 2 amide bonds. The van der Waals surface area contributed by atoms with Crippen molar-refractivity contribution in [2.24, 2.45) is 11.8 Å². The summed E-state index contributed by atoms with van der Waals surface area (Å²) in [7, 11) is -1.25. The fraction of sp³-hybridized carbons (Fsp3) is 0.658. The molecule has 3 aliphatic heterocycles. The van der Waals surface area contributed by atoms with Gasteiger partial charge in [0.1, 0.15) is 11.6 Å². The first-order valence-electron chi connectivity index (χ1n) is 18.7. The zero-order valence-electron chi connectivity index (χ0n) is 34.1. The highest BCUT2D eigenvalue weighted by Gasteiger charge is 2.53. The molecular formula is C38H54B2ClF8N3O5. The molecule has 0 radical (unpaired) electrons. The number of carbonyl (C=O) groups excluding carboxylic acids is 1. The molecule has 4 fully saturated rings. The number of carbonyl (C=O) groups is 1. The van der Waals surface area contributed by atoms with Gasteiger partial charge in [-0.05, 0) is 135 Å². The van der Waals surface area contributed by atoms with Crippen LogP contribution in [-0.4, -0.2) is 73.0 Å². The molecule has 2 aromatic rings. The number of hydrogen-bond acceptors (Lipinski definition) is 6. The predicted octanol–water partition coefficient (Wildman–Crippen LogP) is 9.03. The number of likely N-dealkylation sites (tertiary alicyclic amines) is 1. The Bertz CT molecular complexity index is 1710. The molecule has 1 unspecified atom stereocenters. The van der Waals surface area contributed by atoms with Crippen molar-refractivity contribution < 1.29 is 58.5 Å². The Hall–Kier alpha value is -2.79. The van der Waals surface area contributed by atoms with E-state index in [1.165, 1.54) is 18.2 Å². The first-order chi connectivity index (χ1) is 25.5. The lowest BCUT2D eigenvalue weighted by Crippen LogP contribution is -2.41. The molecule has 19 heteroatoms. The first-order valence-corrected chi connectivity index (χ1v) is 18.7.